The first kappa shape index (κ1) is 5.41. The molecule has 0 saturated heterocycles. The maximum Gasteiger partial charge on any atom is 0.214 e. The summed E-state index contributed by atoms with van der Waals surface area (Å²) < 4.78 is 0. The van der Waals surface area contributed by atoms with E-state index in [1.54, 1.807) is 0 Å². The minimum absolute atomic E-state index is 0.0486. The van der Waals surface area contributed by atoms with E-state index in [4.69, 9.17) is 4.84 Å². The lowest BCUT2D eigenvalue weighted by atomic mass is 10.1. The maximum atomic E-state index is 10.3. The van der Waals surface area contributed by atoms with E-state index in [2.05, 4.69) is 0 Å². The van der Waals surface area contributed by atoms with Crippen molar-refractivity contribution in [3.8, 4) is 0 Å². The zero-order valence-electron chi connectivity index (χ0n) is 5.00. The van der Waals surface area contributed by atoms with Crippen molar-refractivity contribution in [2.24, 2.45) is 5.92 Å². The molecule has 1 heterocycles. The lowest BCUT2D eigenvalue weighted by Gasteiger charge is -2.06. The van der Waals surface area contributed by atoms with Crippen molar-refractivity contribution in [1.29, 1.82) is 0 Å². The monoisotopic (exact) mass is 115 g/mol. The van der Waals surface area contributed by atoms with Crippen LogP contribution in [0.25, 0.3) is 0 Å². The first-order valence-corrected chi connectivity index (χ1v) is 2.68. The van der Waals surface area contributed by atoms with Gasteiger partial charge in [0.2, 0.25) is 6.21 Å². The lowest BCUT2D eigenvalue weighted by Crippen LogP contribution is -2.10. The second kappa shape index (κ2) is 1.65. The van der Waals surface area contributed by atoms with Gasteiger partial charge < -0.3 is 4.84 Å². The summed E-state index contributed by atoms with van der Waals surface area (Å²) in [6, 6.07) is 0. The highest BCUT2D eigenvalue weighted by Crippen LogP contribution is 2.09. The molecule has 0 aromatic carbocycles. The third kappa shape index (κ3) is 0.757. The summed E-state index contributed by atoms with van der Waals surface area (Å²) in [5, 5.41) is 10.3. The van der Waals surface area contributed by atoms with Gasteiger partial charge in [-0.3, -0.25) is 5.21 Å². The van der Waals surface area contributed by atoms with Gasteiger partial charge in [-0.25, -0.2) is 0 Å². The molecule has 0 N–H and O–H groups in total. The van der Waals surface area contributed by atoms with Crippen LogP contribution in [0.2, 0.25) is 0 Å². The summed E-state index contributed by atoms with van der Waals surface area (Å²) >= 11 is 0. The van der Waals surface area contributed by atoms with Gasteiger partial charge in [-0.05, 0) is 6.92 Å². The second-order valence-electron chi connectivity index (χ2n) is 2.10. The number of hydrogen-bond donors (Lipinski definition) is 0. The fourth-order valence-corrected chi connectivity index (χ4v) is 0.608. The smallest absolute Gasteiger partial charge is 0.214 e. The van der Waals surface area contributed by atoms with Crippen molar-refractivity contribution in [2.45, 2.75) is 20.0 Å². The molecule has 0 fully saturated rings. The Kier molecular flexibility index (Phi) is 1.12. The molecule has 0 bridgehead atoms. The van der Waals surface area contributed by atoms with E-state index < -0.39 is 0 Å². The molecule has 2 unspecified atom stereocenters. The second-order valence-corrected chi connectivity index (χ2v) is 2.10. The molecule has 2 atom stereocenters. The van der Waals surface area contributed by atoms with E-state index in [9.17, 15) is 5.21 Å². The Balaban J connectivity index is 2.56. The first-order valence-electron chi connectivity index (χ1n) is 2.68. The minimum atomic E-state index is 0.0486. The van der Waals surface area contributed by atoms with E-state index in [0.717, 1.165) is 0 Å². The number of nitrogens with zero attached hydrogens (tertiary/aromatic N) is 1. The maximum absolute atomic E-state index is 10.3. The molecule has 8 heavy (non-hydrogen) atoms. The van der Waals surface area contributed by atoms with Gasteiger partial charge in [0, 0.05) is 4.90 Å². The molecule has 3 heteroatoms. The molecule has 1 aliphatic heterocycles. The van der Waals surface area contributed by atoms with Gasteiger partial charge in [0.1, 0.15) is 0 Å². The molecule has 0 saturated carbocycles. The van der Waals surface area contributed by atoms with Gasteiger partial charge in [-0.15, -0.1) is 0 Å². The molecule has 0 radical (unpaired) electrons. The fourth-order valence-electron chi connectivity index (χ4n) is 0.608. The van der Waals surface area contributed by atoms with Crippen LogP contribution in [0, 0.1) is 11.1 Å². The summed E-state index contributed by atoms with van der Waals surface area (Å²) in [5.41, 5.74) is 0. The molecule has 1 aliphatic rings. The van der Waals surface area contributed by atoms with Crippen molar-refractivity contribution >= 4 is 6.21 Å². The van der Waals surface area contributed by atoms with Crippen LogP contribution < -0.4 is 0 Å². The quantitative estimate of drug-likeness (QED) is 0.432. The lowest BCUT2D eigenvalue weighted by molar-refractivity contribution is -0.737. The summed E-state index contributed by atoms with van der Waals surface area (Å²) in [5.74, 6) is 0.257. The van der Waals surface area contributed by atoms with E-state index in [-0.39, 0.29) is 12.0 Å². The molecular formula is C5H9NO2. The Morgan fingerprint density at radius 3 is 2.38 bits per heavy atom. The molecule has 0 aliphatic carbocycles. The van der Waals surface area contributed by atoms with E-state index in [0.29, 0.717) is 4.90 Å². The number of rotatable bonds is 0. The van der Waals surface area contributed by atoms with Crippen molar-refractivity contribution < 1.29 is 9.74 Å². The van der Waals surface area contributed by atoms with Crippen molar-refractivity contribution in [1.82, 2.24) is 0 Å². The third-order valence-electron chi connectivity index (χ3n) is 1.37. The highest BCUT2D eigenvalue weighted by atomic mass is 16.9. The van der Waals surface area contributed by atoms with Gasteiger partial charge in [0.15, 0.2) is 0 Å². The van der Waals surface area contributed by atoms with Gasteiger partial charge in [0.05, 0.1) is 12.0 Å². The van der Waals surface area contributed by atoms with E-state index >= 15 is 0 Å². The summed E-state index contributed by atoms with van der Waals surface area (Å²) in [6.45, 7) is 3.82. The minimum Gasteiger partial charge on any atom is -0.400 e. The predicted octanol–water partition coefficient (Wildman–Crippen LogP) is 0.537. The van der Waals surface area contributed by atoms with Crippen molar-refractivity contribution in [3.63, 3.8) is 0 Å². The Hall–Kier alpha value is -0.730. The number of hydrogen-bond acceptors (Lipinski definition) is 2. The van der Waals surface area contributed by atoms with Crippen LogP contribution in [0.4, 0.5) is 0 Å². The van der Waals surface area contributed by atoms with E-state index in [1.807, 2.05) is 13.8 Å². The average molecular weight is 115 g/mol. The normalized spacial score (nSPS) is 36.5. The Labute approximate surface area is 48.1 Å². The van der Waals surface area contributed by atoms with Gasteiger partial charge in [0.25, 0.3) is 0 Å². The van der Waals surface area contributed by atoms with Gasteiger partial charge >= 0.3 is 0 Å². The average Bonchev–Trinajstić information content (AvgIpc) is 1.85. The molecule has 46 valence electrons. The Morgan fingerprint density at radius 2 is 2.25 bits per heavy atom. The zero-order valence-corrected chi connectivity index (χ0v) is 5.00. The summed E-state index contributed by atoms with van der Waals surface area (Å²) in [4.78, 5) is 5.22. The van der Waals surface area contributed by atoms with Gasteiger partial charge in [-0.2, -0.15) is 0 Å². The third-order valence-corrected chi connectivity index (χ3v) is 1.37. The van der Waals surface area contributed by atoms with Crippen LogP contribution in [0.1, 0.15) is 13.8 Å². The predicted molar refractivity (Wildman–Crippen MR) is 29.4 cm³/mol. The molecule has 0 spiro atoms. The van der Waals surface area contributed by atoms with Gasteiger partial charge in [-0.1, -0.05) is 6.92 Å². The Bertz CT molecular complexity index is 122. The Morgan fingerprint density at radius 1 is 1.62 bits per heavy atom. The standard InChI is InChI=1S/C5H9NO2/c1-4-3-6(7)8-5(4)2/h3-5H,1-2H3. The van der Waals surface area contributed by atoms with Crippen LogP contribution in [0.3, 0.4) is 0 Å². The topological polar surface area (TPSA) is 35.3 Å². The van der Waals surface area contributed by atoms with Crippen LogP contribution in [0.15, 0.2) is 0 Å². The molecule has 0 aromatic heterocycles. The SMILES string of the molecule is CC1C=[N+]([O-])OC1C. The zero-order chi connectivity index (χ0) is 6.15. The molecule has 0 aromatic rings. The molecule has 0 amide bonds. The molecular weight excluding hydrogens is 106 g/mol. The molecule has 1 rings (SSSR count). The van der Waals surface area contributed by atoms with Crippen molar-refractivity contribution in [2.75, 3.05) is 0 Å². The first-order chi connectivity index (χ1) is 3.70. The van der Waals surface area contributed by atoms with Crippen LogP contribution >= 0.6 is 0 Å². The van der Waals surface area contributed by atoms with E-state index in [1.165, 1.54) is 6.21 Å². The molecule has 3 nitrogen and oxygen atoms in total. The summed E-state index contributed by atoms with van der Waals surface area (Å²) in [6.07, 6.45) is 1.57. The summed E-state index contributed by atoms with van der Waals surface area (Å²) in [7, 11) is 0. The highest BCUT2D eigenvalue weighted by molar-refractivity contribution is 5.56. The van der Waals surface area contributed by atoms with Crippen LogP contribution in [-0.4, -0.2) is 17.2 Å². The van der Waals surface area contributed by atoms with Crippen molar-refractivity contribution in [3.05, 3.63) is 5.21 Å². The highest BCUT2D eigenvalue weighted by Gasteiger charge is 2.20. The van der Waals surface area contributed by atoms with Crippen LogP contribution in [0.5, 0.6) is 0 Å². The van der Waals surface area contributed by atoms with Crippen LogP contribution in [-0.2, 0) is 4.84 Å². The largest absolute Gasteiger partial charge is 0.400 e. The fraction of sp³-hybridized carbons (Fsp3) is 0.800.